The van der Waals surface area contributed by atoms with Crippen molar-refractivity contribution in [2.24, 2.45) is 11.8 Å². The fraction of sp³-hybridized carbons (Fsp3) is 0.471. The van der Waals surface area contributed by atoms with Crippen molar-refractivity contribution in [1.29, 1.82) is 0 Å². The van der Waals surface area contributed by atoms with E-state index < -0.39 is 0 Å². The number of carbonyl (C=O) groups excluding carboxylic acids is 1. The van der Waals surface area contributed by atoms with Gasteiger partial charge in [-0.15, -0.1) is 0 Å². The van der Waals surface area contributed by atoms with Gasteiger partial charge in [0.25, 0.3) is 5.91 Å². The minimum absolute atomic E-state index is 0.138. The van der Waals surface area contributed by atoms with E-state index >= 15 is 0 Å². The van der Waals surface area contributed by atoms with E-state index in [1.807, 2.05) is 35.4 Å². The Labute approximate surface area is 129 Å². The molecule has 0 aliphatic carbocycles. The van der Waals surface area contributed by atoms with Crippen molar-refractivity contribution < 1.29 is 9.21 Å². The Morgan fingerprint density at radius 1 is 1.18 bits per heavy atom. The van der Waals surface area contributed by atoms with E-state index in [1.54, 1.807) is 6.26 Å². The molecule has 0 spiro atoms. The van der Waals surface area contributed by atoms with E-state index in [0.29, 0.717) is 17.5 Å². The van der Waals surface area contributed by atoms with Crippen LogP contribution < -0.4 is 0 Å². The fourth-order valence-electron chi connectivity index (χ4n) is 3.94. The van der Waals surface area contributed by atoms with Crippen LogP contribution >= 0.6 is 0 Å². The van der Waals surface area contributed by atoms with E-state index in [9.17, 15) is 4.79 Å². The molecule has 2 aromatic heterocycles. The van der Waals surface area contributed by atoms with Crippen molar-refractivity contribution in [1.82, 2.24) is 14.8 Å². The van der Waals surface area contributed by atoms with Crippen molar-refractivity contribution in [3.05, 3.63) is 48.2 Å². The van der Waals surface area contributed by atoms with E-state index in [1.165, 1.54) is 6.42 Å². The molecule has 2 aliphatic rings. The minimum atomic E-state index is 0.138. The van der Waals surface area contributed by atoms with Gasteiger partial charge in [0, 0.05) is 32.4 Å². The summed E-state index contributed by atoms with van der Waals surface area (Å²) < 4.78 is 5.46. The lowest BCUT2D eigenvalue weighted by molar-refractivity contribution is 0.0217. The number of carbonyl (C=O) groups is 1. The maximum absolute atomic E-state index is 12.5. The Kier molecular flexibility index (Phi) is 3.50. The number of furan rings is 1. The Bertz CT molecular complexity index is 606. The molecular formula is C17H21N3O2. The summed E-state index contributed by atoms with van der Waals surface area (Å²) in [5, 5.41) is 0. The smallest absolute Gasteiger partial charge is 0.270 e. The average molecular weight is 299 g/mol. The quantitative estimate of drug-likeness (QED) is 0.945. The van der Waals surface area contributed by atoms with E-state index in [-0.39, 0.29) is 5.91 Å². The summed E-state index contributed by atoms with van der Waals surface area (Å²) in [4.78, 5) is 20.0. The zero-order valence-corrected chi connectivity index (χ0v) is 12.6. The minimum Gasteiger partial charge on any atom is -0.468 e. The summed E-state index contributed by atoms with van der Waals surface area (Å²) in [5.41, 5.74) is 0.701. The first kappa shape index (κ1) is 13.6. The standard InChI is InChI=1S/C17H21N3O2/c21-17(16-4-1-5-18-16)20-10-13-7-14(11-20)9-19(8-13)12-15-3-2-6-22-15/h1-6,13-14,18H,7-12H2/t13-,14-/m0/s1. The zero-order valence-electron chi connectivity index (χ0n) is 12.6. The number of fused-ring (bicyclic) bond motifs is 2. The molecular weight excluding hydrogens is 278 g/mol. The molecule has 2 aliphatic heterocycles. The van der Waals surface area contributed by atoms with Gasteiger partial charge in [-0.1, -0.05) is 0 Å². The number of H-pyrrole nitrogens is 1. The lowest BCUT2D eigenvalue weighted by Gasteiger charge is -2.45. The molecule has 2 saturated heterocycles. The first-order valence-electron chi connectivity index (χ1n) is 7.95. The summed E-state index contributed by atoms with van der Waals surface area (Å²) in [6.07, 6.45) is 4.78. The van der Waals surface area contributed by atoms with Crippen LogP contribution in [0.1, 0.15) is 22.7 Å². The first-order valence-corrected chi connectivity index (χ1v) is 7.95. The summed E-state index contributed by atoms with van der Waals surface area (Å²) in [5.74, 6) is 2.31. The van der Waals surface area contributed by atoms with Crippen molar-refractivity contribution in [2.45, 2.75) is 13.0 Å². The molecule has 22 heavy (non-hydrogen) atoms. The highest BCUT2D eigenvalue weighted by Crippen LogP contribution is 2.30. The third-order valence-electron chi connectivity index (χ3n) is 4.73. The lowest BCUT2D eigenvalue weighted by Crippen LogP contribution is -2.53. The number of nitrogens with one attached hydrogen (secondary N) is 1. The van der Waals surface area contributed by atoms with Gasteiger partial charge in [0.15, 0.2) is 0 Å². The summed E-state index contributed by atoms with van der Waals surface area (Å²) in [6.45, 7) is 4.70. The van der Waals surface area contributed by atoms with Gasteiger partial charge in [-0.25, -0.2) is 0 Å². The van der Waals surface area contributed by atoms with Crippen LogP contribution in [0.25, 0.3) is 0 Å². The first-order chi connectivity index (χ1) is 10.8. The maximum atomic E-state index is 12.5. The van der Waals surface area contributed by atoms with Gasteiger partial charge in [-0.3, -0.25) is 9.69 Å². The van der Waals surface area contributed by atoms with Crippen molar-refractivity contribution in [3.63, 3.8) is 0 Å². The molecule has 0 saturated carbocycles. The SMILES string of the molecule is O=C(c1ccc[nH]1)N1C[C@H]2C[C@@H](CN(Cc3ccco3)C2)C1. The number of amides is 1. The van der Waals surface area contributed by atoms with Crippen LogP contribution in [0.3, 0.4) is 0 Å². The molecule has 116 valence electrons. The molecule has 1 N–H and O–H groups in total. The van der Waals surface area contributed by atoms with Crippen LogP contribution in [0.15, 0.2) is 41.1 Å². The molecule has 2 fully saturated rings. The van der Waals surface area contributed by atoms with E-state index in [4.69, 9.17) is 4.42 Å². The van der Waals surface area contributed by atoms with Crippen LogP contribution in [-0.4, -0.2) is 46.9 Å². The van der Waals surface area contributed by atoms with Gasteiger partial charge in [0.05, 0.1) is 12.8 Å². The second-order valence-electron chi connectivity index (χ2n) is 6.54. The van der Waals surface area contributed by atoms with Gasteiger partial charge >= 0.3 is 0 Å². The number of aromatic nitrogens is 1. The van der Waals surface area contributed by atoms with Crippen LogP contribution in [0.5, 0.6) is 0 Å². The van der Waals surface area contributed by atoms with Gasteiger partial charge in [0.2, 0.25) is 0 Å². The number of likely N-dealkylation sites (tertiary alicyclic amines) is 2. The zero-order chi connectivity index (χ0) is 14.9. The molecule has 0 radical (unpaired) electrons. The van der Waals surface area contributed by atoms with E-state index in [2.05, 4.69) is 9.88 Å². The van der Waals surface area contributed by atoms with Crippen molar-refractivity contribution >= 4 is 5.91 Å². The maximum Gasteiger partial charge on any atom is 0.270 e. The molecule has 5 nitrogen and oxygen atoms in total. The Hall–Kier alpha value is -2.01. The molecule has 0 aromatic carbocycles. The number of rotatable bonds is 3. The highest BCUT2D eigenvalue weighted by Gasteiger charge is 2.36. The average Bonchev–Trinajstić information content (AvgIpc) is 3.18. The van der Waals surface area contributed by atoms with Gasteiger partial charge in [-0.2, -0.15) is 0 Å². The molecule has 4 heterocycles. The molecule has 0 unspecified atom stereocenters. The number of hydrogen-bond donors (Lipinski definition) is 1. The number of aromatic amines is 1. The molecule has 4 rings (SSSR count). The predicted molar refractivity (Wildman–Crippen MR) is 82.3 cm³/mol. The second kappa shape index (κ2) is 5.65. The number of nitrogens with zero attached hydrogens (tertiary/aromatic N) is 2. The molecule has 5 heteroatoms. The van der Waals surface area contributed by atoms with Crippen LogP contribution in [0.4, 0.5) is 0 Å². The summed E-state index contributed by atoms with van der Waals surface area (Å²) in [7, 11) is 0. The van der Waals surface area contributed by atoms with Crippen LogP contribution in [0, 0.1) is 11.8 Å². The molecule has 2 atom stereocenters. The van der Waals surface area contributed by atoms with Crippen molar-refractivity contribution in [3.8, 4) is 0 Å². The lowest BCUT2D eigenvalue weighted by atomic mass is 9.84. The van der Waals surface area contributed by atoms with Crippen molar-refractivity contribution in [2.75, 3.05) is 26.2 Å². The topological polar surface area (TPSA) is 52.5 Å². The third kappa shape index (κ3) is 2.68. The highest BCUT2D eigenvalue weighted by molar-refractivity contribution is 5.92. The van der Waals surface area contributed by atoms with Gasteiger partial charge in [-0.05, 0) is 42.5 Å². The summed E-state index contributed by atoms with van der Waals surface area (Å²) >= 11 is 0. The van der Waals surface area contributed by atoms with E-state index in [0.717, 1.165) is 38.5 Å². The Balaban J connectivity index is 1.40. The highest BCUT2D eigenvalue weighted by atomic mass is 16.3. The molecule has 2 bridgehead atoms. The third-order valence-corrected chi connectivity index (χ3v) is 4.73. The predicted octanol–water partition coefficient (Wildman–Crippen LogP) is 2.20. The normalized spacial score (nSPS) is 25.4. The fourth-order valence-corrected chi connectivity index (χ4v) is 3.94. The molecule has 1 amide bonds. The molecule has 2 aromatic rings. The number of piperidine rings is 2. The Morgan fingerprint density at radius 3 is 2.64 bits per heavy atom. The Morgan fingerprint density at radius 2 is 2.00 bits per heavy atom. The van der Waals surface area contributed by atoms with Gasteiger partial charge in [0.1, 0.15) is 11.5 Å². The van der Waals surface area contributed by atoms with Gasteiger partial charge < -0.3 is 14.3 Å². The summed E-state index contributed by atoms with van der Waals surface area (Å²) in [6, 6.07) is 7.71. The second-order valence-corrected chi connectivity index (χ2v) is 6.54. The van der Waals surface area contributed by atoms with Crippen LogP contribution in [-0.2, 0) is 6.54 Å². The van der Waals surface area contributed by atoms with Crippen LogP contribution in [0.2, 0.25) is 0 Å². The monoisotopic (exact) mass is 299 g/mol. The number of hydrogen-bond acceptors (Lipinski definition) is 3. The largest absolute Gasteiger partial charge is 0.468 e.